The van der Waals surface area contributed by atoms with Crippen LogP contribution in [0.15, 0.2) is 6.20 Å². The first-order chi connectivity index (χ1) is 7.81. The zero-order chi connectivity index (χ0) is 11.4. The van der Waals surface area contributed by atoms with Gasteiger partial charge in [-0.1, -0.05) is 13.3 Å². The molecule has 1 aromatic rings. The third kappa shape index (κ3) is 2.46. The largest absolute Gasteiger partial charge is 0.294 e. The fourth-order valence-electron chi connectivity index (χ4n) is 2.05. The monoisotopic (exact) mass is 218 g/mol. The highest BCUT2D eigenvalue weighted by Gasteiger charge is 2.17. The van der Waals surface area contributed by atoms with Crippen LogP contribution in [0.25, 0.3) is 0 Å². The van der Waals surface area contributed by atoms with Crippen molar-refractivity contribution in [3.8, 4) is 0 Å². The minimum atomic E-state index is 0.217. The number of carbonyl (C=O) groups excluding carboxylic acids is 1. The molecule has 0 spiro atoms. The van der Waals surface area contributed by atoms with Gasteiger partial charge in [0.2, 0.25) is 0 Å². The molecule has 1 aliphatic carbocycles. The lowest BCUT2D eigenvalue weighted by Gasteiger charge is -2.05. The van der Waals surface area contributed by atoms with Crippen molar-refractivity contribution < 1.29 is 4.79 Å². The lowest BCUT2D eigenvalue weighted by Crippen LogP contribution is -2.07. The second-order valence-corrected chi connectivity index (χ2v) is 4.38. The second-order valence-electron chi connectivity index (χ2n) is 4.38. The third-order valence-electron chi connectivity index (χ3n) is 3.04. The first kappa shape index (κ1) is 11.2. The first-order valence-electron chi connectivity index (χ1n) is 6.19. The number of aryl methyl sites for hydroxylation is 2. The predicted octanol–water partition coefficient (Wildman–Crippen LogP) is 2.73. The maximum Gasteiger partial charge on any atom is 0.166 e. The molecule has 86 valence electrons. The zero-order valence-corrected chi connectivity index (χ0v) is 9.83. The van der Waals surface area contributed by atoms with Crippen molar-refractivity contribution in [3.05, 3.63) is 23.3 Å². The van der Waals surface area contributed by atoms with Crippen LogP contribution in [0.3, 0.4) is 0 Å². The summed E-state index contributed by atoms with van der Waals surface area (Å²) in [5.74, 6) is 1.12. The fourth-order valence-corrected chi connectivity index (χ4v) is 2.05. The van der Waals surface area contributed by atoms with Crippen LogP contribution in [0.5, 0.6) is 0 Å². The van der Waals surface area contributed by atoms with Gasteiger partial charge in [-0.15, -0.1) is 0 Å². The van der Waals surface area contributed by atoms with Crippen molar-refractivity contribution in [2.45, 2.75) is 51.9 Å². The van der Waals surface area contributed by atoms with Crippen molar-refractivity contribution in [1.29, 1.82) is 0 Å². The SMILES string of the molecule is CCCCc1ncc2c(n1)CCCCC2=O. The summed E-state index contributed by atoms with van der Waals surface area (Å²) in [5.41, 5.74) is 1.74. The Labute approximate surface area is 96.3 Å². The van der Waals surface area contributed by atoms with E-state index in [1.807, 2.05) is 0 Å². The summed E-state index contributed by atoms with van der Waals surface area (Å²) in [6, 6.07) is 0. The second kappa shape index (κ2) is 5.19. The Morgan fingerprint density at radius 3 is 2.94 bits per heavy atom. The normalized spacial score (nSPS) is 15.7. The molecular weight excluding hydrogens is 200 g/mol. The van der Waals surface area contributed by atoms with Crippen molar-refractivity contribution in [3.63, 3.8) is 0 Å². The van der Waals surface area contributed by atoms with E-state index in [2.05, 4.69) is 16.9 Å². The number of hydrogen-bond acceptors (Lipinski definition) is 3. The van der Waals surface area contributed by atoms with Gasteiger partial charge in [-0.25, -0.2) is 9.97 Å². The van der Waals surface area contributed by atoms with Crippen LogP contribution in [-0.4, -0.2) is 15.8 Å². The summed E-state index contributed by atoms with van der Waals surface area (Å²) in [7, 11) is 0. The highest BCUT2D eigenvalue weighted by Crippen LogP contribution is 2.18. The van der Waals surface area contributed by atoms with Gasteiger partial charge in [-0.05, 0) is 25.7 Å². The predicted molar refractivity (Wildman–Crippen MR) is 62.5 cm³/mol. The summed E-state index contributed by atoms with van der Waals surface area (Å²) >= 11 is 0. The molecule has 0 atom stereocenters. The number of nitrogens with zero attached hydrogens (tertiary/aromatic N) is 2. The van der Waals surface area contributed by atoms with Crippen molar-refractivity contribution in [2.24, 2.45) is 0 Å². The topological polar surface area (TPSA) is 42.9 Å². The molecule has 0 aromatic carbocycles. The van der Waals surface area contributed by atoms with Gasteiger partial charge in [0.05, 0.1) is 11.3 Å². The number of aromatic nitrogens is 2. The van der Waals surface area contributed by atoms with Gasteiger partial charge in [0, 0.05) is 19.0 Å². The molecule has 0 aliphatic heterocycles. The Kier molecular flexibility index (Phi) is 3.65. The van der Waals surface area contributed by atoms with Crippen LogP contribution in [0.4, 0.5) is 0 Å². The summed E-state index contributed by atoms with van der Waals surface area (Å²) < 4.78 is 0. The number of carbonyl (C=O) groups is 1. The summed E-state index contributed by atoms with van der Waals surface area (Å²) in [6.07, 6.45) is 8.58. The fraction of sp³-hybridized carbons (Fsp3) is 0.615. The minimum absolute atomic E-state index is 0.217. The standard InChI is InChI=1S/C13H18N2O/c1-2-3-8-13-14-9-10-11(15-13)6-4-5-7-12(10)16/h9H,2-8H2,1H3. The number of hydrogen-bond donors (Lipinski definition) is 0. The van der Waals surface area contributed by atoms with E-state index in [-0.39, 0.29) is 5.78 Å². The van der Waals surface area contributed by atoms with Gasteiger partial charge >= 0.3 is 0 Å². The van der Waals surface area contributed by atoms with E-state index in [4.69, 9.17) is 0 Å². The molecule has 0 radical (unpaired) electrons. The highest BCUT2D eigenvalue weighted by molar-refractivity contribution is 5.97. The average molecular weight is 218 g/mol. The molecule has 0 bridgehead atoms. The Balaban J connectivity index is 2.23. The molecule has 16 heavy (non-hydrogen) atoms. The van der Waals surface area contributed by atoms with E-state index >= 15 is 0 Å². The van der Waals surface area contributed by atoms with Gasteiger partial charge < -0.3 is 0 Å². The number of ketones is 1. The number of unbranched alkanes of at least 4 members (excludes halogenated alkanes) is 1. The molecule has 1 aromatic heterocycles. The Hall–Kier alpha value is -1.25. The highest BCUT2D eigenvalue weighted by atomic mass is 16.1. The maximum atomic E-state index is 11.8. The van der Waals surface area contributed by atoms with Gasteiger partial charge in [-0.2, -0.15) is 0 Å². The minimum Gasteiger partial charge on any atom is -0.294 e. The zero-order valence-electron chi connectivity index (χ0n) is 9.83. The number of fused-ring (bicyclic) bond motifs is 1. The van der Waals surface area contributed by atoms with Crippen LogP contribution in [0.1, 0.15) is 60.9 Å². The van der Waals surface area contributed by atoms with Crippen molar-refractivity contribution in [1.82, 2.24) is 9.97 Å². The van der Waals surface area contributed by atoms with Crippen LogP contribution >= 0.6 is 0 Å². The molecule has 3 heteroatoms. The maximum absolute atomic E-state index is 11.8. The average Bonchev–Trinajstić information content (AvgIpc) is 2.49. The van der Waals surface area contributed by atoms with E-state index in [1.165, 1.54) is 0 Å². The van der Waals surface area contributed by atoms with Crippen molar-refractivity contribution in [2.75, 3.05) is 0 Å². The molecule has 0 N–H and O–H groups in total. The van der Waals surface area contributed by atoms with Crippen LogP contribution in [0.2, 0.25) is 0 Å². The first-order valence-corrected chi connectivity index (χ1v) is 6.19. The summed E-state index contributed by atoms with van der Waals surface area (Å²) in [4.78, 5) is 20.6. The number of rotatable bonds is 3. The van der Waals surface area contributed by atoms with Gasteiger partial charge in [0.15, 0.2) is 5.78 Å². The van der Waals surface area contributed by atoms with Crippen LogP contribution in [-0.2, 0) is 12.8 Å². The lowest BCUT2D eigenvalue weighted by molar-refractivity contribution is 0.0981. The molecule has 0 unspecified atom stereocenters. The smallest absolute Gasteiger partial charge is 0.166 e. The summed E-state index contributed by atoms with van der Waals surface area (Å²) in [5, 5.41) is 0. The molecule has 1 aliphatic rings. The number of Topliss-reactive ketones (excluding diaryl/α,β-unsaturated/α-hetero) is 1. The molecule has 0 saturated carbocycles. The lowest BCUT2D eigenvalue weighted by atomic mass is 10.1. The van der Waals surface area contributed by atoms with E-state index in [0.29, 0.717) is 6.42 Å². The van der Waals surface area contributed by atoms with Crippen molar-refractivity contribution >= 4 is 5.78 Å². The quantitative estimate of drug-likeness (QED) is 0.733. The Morgan fingerprint density at radius 2 is 2.12 bits per heavy atom. The van der Waals surface area contributed by atoms with E-state index < -0.39 is 0 Å². The molecule has 1 heterocycles. The molecule has 0 saturated heterocycles. The van der Waals surface area contributed by atoms with Gasteiger partial charge in [0.1, 0.15) is 5.82 Å². The molecule has 3 nitrogen and oxygen atoms in total. The third-order valence-corrected chi connectivity index (χ3v) is 3.04. The van der Waals surface area contributed by atoms with Crippen LogP contribution < -0.4 is 0 Å². The molecule has 0 fully saturated rings. The van der Waals surface area contributed by atoms with Gasteiger partial charge in [0.25, 0.3) is 0 Å². The Bertz CT molecular complexity index is 388. The molecular formula is C13H18N2O. The summed E-state index contributed by atoms with van der Waals surface area (Å²) in [6.45, 7) is 2.16. The van der Waals surface area contributed by atoms with Gasteiger partial charge in [-0.3, -0.25) is 4.79 Å². The Morgan fingerprint density at radius 1 is 1.31 bits per heavy atom. The van der Waals surface area contributed by atoms with Crippen LogP contribution in [0, 0.1) is 0 Å². The molecule has 2 rings (SSSR count). The molecule has 0 amide bonds. The van der Waals surface area contributed by atoms with E-state index in [9.17, 15) is 4.79 Å². The van der Waals surface area contributed by atoms with E-state index in [0.717, 1.165) is 55.6 Å². The van der Waals surface area contributed by atoms with E-state index in [1.54, 1.807) is 6.20 Å².